The molecule has 0 bridgehead atoms. The zero-order chi connectivity index (χ0) is 22.1. The summed E-state index contributed by atoms with van der Waals surface area (Å²) in [6.45, 7) is -1.30. The number of amides is 1. The Morgan fingerprint density at radius 1 is 1.35 bits per heavy atom. The lowest BCUT2D eigenvalue weighted by molar-refractivity contribution is -0.125. The summed E-state index contributed by atoms with van der Waals surface area (Å²) in [5.74, 6) is 0.305. The van der Waals surface area contributed by atoms with Gasteiger partial charge in [-0.1, -0.05) is 0 Å². The van der Waals surface area contributed by atoms with Crippen LogP contribution in [-0.4, -0.2) is 72.2 Å². The summed E-state index contributed by atoms with van der Waals surface area (Å²) < 4.78 is 28.4. The molecule has 2 heterocycles. The van der Waals surface area contributed by atoms with Crippen molar-refractivity contribution >= 4 is 23.9 Å². The van der Waals surface area contributed by atoms with E-state index in [1.165, 1.54) is 6.20 Å². The molecule has 3 rings (SSSR count). The van der Waals surface area contributed by atoms with Gasteiger partial charge in [0.15, 0.2) is 5.82 Å². The minimum Gasteiger partial charge on any atom is -0.393 e. The second-order valence-corrected chi connectivity index (χ2v) is 7.85. The number of aromatic nitrogens is 2. The molecule has 1 saturated carbocycles. The van der Waals surface area contributed by atoms with Crippen LogP contribution < -0.4 is 16.0 Å². The fraction of sp³-hybridized carbons (Fsp3) is 0.700. The molecule has 9 nitrogen and oxygen atoms in total. The number of carbonyl (C=O) groups is 1. The highest BCUT2D eigenvalue weighted by molar-refractivity contribution is 5.98. The molecule has 1 aliphatic carbocycles. The molecular formula is C20H30F2N6O3. The van der Waals surface area contributed by atoms with E-state index >= 15 is 0 Å². The van der Waals surface area contributed by atoms with Gasteiger partial charge in [-0.15, -0.1) is 0 Å². The fourth-order valence-electron chi connectivity index (χ4n) is 3.69. The number of aliphatic hydroxyl groups is 1. The molecule has 0 radical (unpaired) electrons. The number of aliphatic imine (C=N–C) groups is 1. The minimum atomic E-state index is -2.84. The number of piperidine rings is 1. The van der Waals surface area contributed by atoms with Crippen LogP contribution in [0.4, 0.5) is 20.5 Å². The summed E-state index contributed by atoms with van der Waals surface area (Å²) in [4.78, 5) is 25.7. The van der Waals surface area contributed by atoms with Crippen molar-refractivity contribution in [2.75, 3.05) is 31.6 Å². The number of anilines is 1. The lowest BCUT2D eigenvalue weighted by Gasteiger charge is -2.24. The molecule has 0 unspecified atom stereocenters. The first-order valence-corrected chi connectivity index (χ1v) is 10.8. The summed E-state index contributed by atoms with van der Waals surface area (Å²) in [5.41, 5.74) is 0.257. The Morgan fingerprint density at radius 2 is 2.16 bits per heavy atom. The van der Waals surface area contributed by atoms with Crippen LogP contribution in [0, 0.1) is 5.92 Å². The van der Waals surface area contributed by atoms with Crippen molar-refractivity contribution in [1.29, 1.82) is 0 Å². The average Bonchev–Trinajstić information content (AvgIpc) is 2.77. The Bertz CT molecular complexity index is 738. The maximum absolute atomic E-state index is 12.8. The van der Waals surface area contributed by atoms with Gasteiger partial charge in [0.1, 0.15) is 5.56 Å². The summed E-state index contributed by atoms with van der Waals surface area (Å²) >= 11 is 0. The van der Waals surface area contributed by atoms with Crippen LogP contribution in [0.3, 0.4) is 0 Å². The number of hydrogen-bond acceptors (Lipinski definition) is 8. The molecule has 2 aliphatic rings. The number of nitrogens with one attached hydrogen (secondary N) is 3. The second kappa shape index (κ2) is 12.0. The van der Waals surface area contributed by atoms with Crippen molar-refractivity contribution in [1.82, 2.24) is 20.6 Å². The SMILES string of the molecule is O=C(N[C@@H]1CCCNC1)c1cnc(NCCOC(F)F)nc1/N=C\C1CCC(O)CC1. The predicted octanol–water partition coefficient (Wildman–Crippen LogP) is 1.86. The molecule has 1 saturated heterocycles. The van der Waals surface area contributed by atoms with Crippen molar-refractivity contribution in [3.63, 3.8) is 0 Å². The molecule has 0 spiro atoms. The second-order valence-electron chi connectivity index (χ2n) is 7.85. The van der Waals surface area contributed by atoms with E-state index in [0.717, 1.165) is 45.1 Å². The molecule has 1 aromatic heterocycles. The summed E-state index contributed by atoms with van der Waals surface area (Å²) in [6.07, 6.45) is 7.88. The smallest absolute Gasteiger partial charge is 0.345 e. The largest absolute Gasteiger partial charge is 0.393 e. The van der Waals surface area contributed by atoms with Crippen LogP contribution in [0.25, 0.3) is 0 Å². The topological polar surface area (TPSA) is 121 Å². The van der Waals surface area contributed by atoms with Crippen LogP contribution in [-0.2, 0) is 4.74 Å². The monoisotopic (exact) mass is 440 g/mol. The average molecular weight is 440 g/mol. The fourth-order valence-corrected chi connectivity index (χ4v) is 3.69. The highest BCUT2D eigenvalue weighted by Crippen LogP contribution is 2.24. The highest BCUT2D eigenvalue weighted by Gasteiger charge is 2.21. The predicted molar refractivity (Wildman–Crippen MR) is 112 cm³/mol. The van der Waals surface area contributed by atoms with Crippen LogP contribution >= 0.6 is 0 Å². The zero-order valence-electron chi connectivity index (χ0n) is 17.4. The van der Waals surface area contributed by atoms with E-state index in [-0.39, 0.29) is 54.5 Å². The number of ether oxygens (including phenoxy) is 1. The number of nitrogens with zero attached hydrogens (tertiary/aromatic N) is 3. The van der Waals surface area contributed by atoms with Crippen molar-refractivity contribution < 1.29 is 23.4 Å². The molecule has 1 aromatic rings. The number of carbonyl (C=O) groups excluding carboxylic acids is 1. The molecule has 31 heavy (non-hydrogen) atoms. The van der Waals surface area contributed by atoms with Gasteiger partial charge < -0.3 is 25.8 Å². The van der Waals surface area contributed by atoms with Gasteiger partial charge in [-0.25, -0.2) is 9.98 Å². The summed E-state index contributed by atoms with van der Waals surface area (Å²) in [6, 6.07) is 0.0298. The van der Waals surface area contributed by atoms with Crippen molar-refractivity contribution in [2.45, 2.75) is 57.3 Å². The number of hydrogen-bond donors (Lipinski definition) is 4. The quantitative estimate of drug-likeness (QED) is 0.342. The maximum Gasteiger partial charge on any atom is 0.345 e. The number of alkyl halides is 2. The van der Waals surface area contributed by atoms with E-state index in [1.807, 2.05) is 0 Å². The number of aliphatic hydroxyl groups excluding tert-OH is 1. The third-order valence-corrected chi connectivity index (χ3v) is 5.42. The lowest BCUT2D eigenvalue weighted by atomic mass is 9.88. The molecule has 11 heteroatoms. The van der Waals surface area contributed by atoms with E-state index in [4.69, 9.17) is 0 Å². The van der Waals surface area contributed by atoms with E-state index in [9.17, 15) is 18.7 Å². The third kappa shape index (κ3) is 7.75. The zero-order valence-corrected chi connectivity index (χ0v) is 17.4. The number of rotatable bonds is 9. The Hall–Kier alpha value is -2.24. The number of halogens is 2. The Morgan fingerprint density at radius 3 is 2.87 bits per heavy atom. The Kier molecular flexibility index (Phi) is 9.04. The molecule has 2 fully saturated rings. The Labute approximate surface area is 180 Å². The minimum absolute atomic E-state index is 0.0298. The van der Waals surface area contributed by atoms with Crippen LogP contribution in [0.1, 0.15) is 48.9 Å². The molecule has 4 N–H and O–H groups in total. The van der Waals surface area contributed by atoms with E-state index < -0.39 is 6.61 Å². The van der Waals surface area contributed by atoms with E-state index in [2.05, 4.69) is 35.6 Å². The van der Waals surface area contributed by atoms with Crippen LogP contribution in [0.2, 0.25) is 0 Å². The Balaban J connectivity index is 1.70. The summed E-state index contributed by atoms with van der Waals surface area (Å²) in [7, 11) is 0. The van der Waals surface area contributed by atoms with Gasteiger partial charge in [0.2, 0.25) is 5.95 Å². The van der Waals surface area contributed by atoms with E-state index in [0.29, 0.717) is 6.54 Å². The first-order chi connectivity index (χ1) is 15.0. The molecule has 1 atom stereocenters. The van der Waals surface area contributed by atoms with Gasteiger partial charge in [-0.2, -0.15) is 13.8 Å². The summed E-state index contributed by atoms with van der Waals surface area (Å²) in [5, 5.41) is 18.7. The van der Waals surface area contributed by atoms with Gasteiger partial charge in [0.25, 0.3) is 5.91 Å². The molecule has 172 valence electrons. The first kappa shape index (κ1) is 23.4. The van der Waals surface area contributed by atoms with Crippen molar-refractivity contribution in [3.8, 4) is 0 Å². The van der Waals surface area contributed by atoms with Gasteiger partial charge in [-0.05, 0) is 51.0 Å². The normalized spacial score (nSPS) is 24.5. The highest BCUT2D eigenvalue weighted by atomic mass is 19.3. The van der Waals surface area contributed by atoms with Crippen molar-refractivity contribution in [3.05, 3.63) is 11.8 Å². The van der Waals surface area contributed by atoms with Crippen molar-refractivity contribution in [2.24, 2.45) is 10.9 Å². The van der Waals surface area contributed by atoms with E-state index in [1.54, 1.807) is 6.21 Å². The van der Waals surface area contributed by atoms with Crippen LogP contribution in [0.15, 0.2) is 11.2 Å². The molecule has 0 aromatic carbocycles. The van der Waals surface area contributed by atoms with Gasteiger partial charge >= 0.3 is 6.61 Å². The molecule has 1 aliphatic heterocycles. The lowest BCUT2D eigenvalue weighted by Crippen LogP contribution is -2.45. The standard InChI is InChI=1S/C20H30F2N6O3/c21-19(22)31-9-8-24-20-26-12-16(18(30)27-14-2-1-7-23-11-14)17(28-20)25-10-13-3-5-15(29)6-4-13/h10,12-15,19,23,29H,1-9,11H2,(H,27,30)(H,24,26,28)/b25-10-/t13?,14-,15?/m1/s1. The third-order valence-electron chi connectivity index (χ3n) is 5.42. The van der Waals surface area contributed by atoms with Crippen LogP contribution in [0.5, 0.6) is 0 Å². The van der Waals surface area contributed by atoms with Gasteiger partial charge in [0.05, 0.1) is 12.7 Å². The van der Waals surface area contributed by atoms with Gasteiger partial charge in [-0.3, -0.25) is 4.79 Å². The first-order valence-electron chi connectivity index (χ1n) is 10.8. The van der Waals surface area contributed by atoms with Gasteiger partial charge in [0, 0.05) is 31.5 Å². The molecule has 1 amide bonds. The molecular weight excluding hydrogens is 410 g/mol. The maximum atomic E-state index is 12.8.